The third-order valence-electron chi connectivity index (χ3n) is 5.18. The zero-order valence-electron chi connectivity index (χ0n) is 17.8. The van der Waals surface area contributed by atoms with Crippen molar-refractivity contribution in [2.24, 2.45) is 0 Å². The molecule has 1 fully saturated rings. The Labute approximate surface area is 182 Å². The van der Waals surface area contributed by atoms with E-state index in [1.807, 2.05) is 19.1 Å². The molecule has 1 atom stereocenters. The maximum absolute atomic E-state index is 12.9. The number of carbonyl (C=O) groups is 2. The smallest absolute Gasteiger partial charge is 0.295 e. The summed E-state index contributed by atoms with van der Waals surface area (Å²) in [6, 6.07) is 13.7. The molecule has 0 radical (unpaired) electrons. The molecule has 1 saturated heterocycles. The average molecular weight is 421 g/mol. The molecule has 31 heavy (non-hydrogen) atoms. The summed E-state index contributed by atoms with van der Waals surface area (Å²) in [5.41, 5.74) is 2.34. The Bertz CT molecular complexity index is 976. The van der Waals surface area contributed by atoms with Crippen LogP contribution in [0.15, 0.2) is 66.8 Å². The summed E-state index contributed by atoms with van der Waals surface area (Å²) in [5.74, 6) is -0.836. The predicted molar refractivity (Wildman–Crippen MR) is 119 cm³/mol. The van der Waals surface area contributed by atoms with E-state index in [0.29, 0.717) is 37.5 Å². The van der Waals surface area contributed by atoms with Gasteiger partial charge in [-0.1, -0.05) is 54.6 Å². The summed E-state index contributed by atoms with van der Waals surface area (Å²) >= 11 is 0. The van der Waals surface area contributed by atoms with Crippen LogP contribution in [-0.4, -0.2) is 48.6 Å². The summed E-state index contributed by atoms with van der Waals surface area (Å²) in [6.07, 6.45) is 2.23. The first kappa shape index (κ1) is 22.3. The lowest BCUT2D eigenvalue weighted by Crippen LogP contribution is -2.31. The van der Waals surface area contributed by atoms with E-state index in [1.54, 1.807) is 49.6 Å². The highest BCUT2D eigenvalue weighted by molar-refractivity contribution is 6.46. The number of benzene rings is 2. The quantitative estimate of drug-likeness (QED) is 0.218. The van der Waals surface area contributed by atoms with E-state index in [-0.39, 0.29) is 11.3 Å². The van der Waals surface area contributed by atoms with Crippen LogP contribution in [0.3, 0.4) is 0 Å². The lowest BCUT2D eigenvalue weighted by Gasteiger charge is -2.25. The summed E-state index contributed by atoms with van der Waals surface area (Å²) in [4.78, 5) is 27.3. The molecule has 1 heterocycles. The van der Waals surface area contributed by atoms with Crippen LogP contribution >= 0.6 is 0 Å². The first-order valence-electron chi connectivity index (χ1n) is 10.2. The highest BCUT2D eigenvalue weighted by atomic mass is 16.5. The number of aliphatic hydroxyl groups excluding tert-OH is 1. The Morgan fingerprint density at radius 1 is 1.13 bits per heavy atom. The van der Waals surface area contributed by atoms with Crippen LogP contribution in [0.5, 0.6) is 5.75 Å². The molecule has 1 aliphatic rings. The largest absolute Gasteiger partial charge is 0.507 e. The van der Waals surface area contributed by atoms with Crippen molar-refractivity contribution < 1.29 is 24.2 Å². The molecule has 0 aliphatic carbocycles. The number of Topliss-reactive ketones (excluding diaryl/α,β-unsaturated/α-hetero) is 1. The van der Waals surface area contributed by atoms with Crippen molar-refractivity contribution >= 4 is 17.4 Å². The van der Waals surface area contributed by atoms with Crippen molar-refractivity contribution in [2.45, 2.75) is 19.4 Å². The van der Waals surface area contributed by atoms with E-state index in [1.165, 1.54) is 4.90 Å². The molecule has 2 aromatic rings. The number of rotatable bonds is 9. The van der Waals surface area contributed by atoms with E-state index in [4.69, 9.17) is 9.47 Å². The zero-order valence-corrected chi connectivity index (χ0v) is 17.8. The van der Waals surface area contributed by atoms with E-state index >= 15 is 0 Å². The van der Waals surface area contributed by atoms with Gasteiger partial charge >= 0.3 is 0 Å². The first-order valence-corrected chi connectivity index (χ1v) is 10.2. The Balaban J connectivity index is 2.05. The van der Waals surface area contributed by atoms with Gasteiger partial charge < -0.3 is 19.5 Å². The molecule has 1 aliphatic heterocycles. The molecule has 1 unspecified atom stereocenters. The second-order valence-electron chi connectivity index (χ2n) is 7.37. The molecule has 6 heteroatoms. The van der Waals surface area contributed by atoms with Crippen LogP contribution in [0.1, 0.15) is 29.2 Å². The third kappa shape index (κ3) is 4.86. The second-order valence-corrected chi connectivity index (χ2v) is 7.37. The van der Waals surface area contributed by atoms with Gasteiger partial charge in [0.05, 0.1) is 11.6 Å². The Morgan fingerprint density at radius 2 is 1.81 bits per heavy atom. The monoisotopic (exact) mass is 421 g/mol. The maximum Gasteiger partial charge on any atom is 0.295 e. The number of aliphatic hydroxyl groups is 1. The van der Waals surface area contributed by atoms with Crippen molar-refractivity contribution in [3.63, 3.8) is 0 Å². The van der Waals surface area contributed by atoms with Gasteiger partial charge in [-0.3, -0.25) is 9.59 Å². The normalized spacial score (nSPS) is 17.7. The minimum absolute atomic E-state index is 0.0889. The van der Waals surface area contributed by atoms with Gasteiger partial charge in [-0.25, -0.2) is 0 Å². The van der Waals surface area contributed by atoms with Crippen LogP contribution in [0.2, 0.25) is 0 Å². The van der Waals surface area contributed by atoms with Crippen LogP contribution in [-0.2, 0) is 14.3 Å². The fourth-order valence-electron chi connectivity index (χ4n) is 3.60. The van der Waals surface area contributed by atoms with Crippen LogP contribution in [0, 0.1) is 6.92 Å². The Kier molecular flexibility index (Phi) is 7.26. The standard InChI is InChI=1S/C25H27NO5/c1-4-15-31-20-12-10-18(11-13-20)22-21(23(27)19-8-6-17(2)7-9-19)24(28)25(29)26(22)14-5-16-30-3/h4,6-13,22,27H,1,5,14-16H2,2-3H3. The Morgan fingerprint density at radius 3 is 2.42 bits per heavy atom. The van der Waals surface area contributed by atoms with Crippen molar-refractivity contribution in [3.8, 4) is 5.75 Å². The molecule has 0 spiro atoms. The molecule has 162 valence electrons. The lowest BCUT2D eigenvalue weighted by atomic mass is 9.95. The second kappa shape index (κ2) is 10.1. The number of hydrogen-bond acceptors (Lipinski definition) is 5. The number of ether oxygens (including phenoxy) is 2. The van der Waals surface area contributed by atoms with E-state index < -0.39 is 17.7 Å². The predicted octanol–water partition coefficient (Wildman–Crippen LogP) is 4.02. The van der Waals surface area contributed by atoms with Gasteiger partial charge in [0, 0.05) is 25.8 Å². The van der Waals surface area contributed by atoms with Crippen LogP contribution in [0.25, 0.3) is 5.76 Å². The number of carbonyl (C=O) groups excluding carboxylic acids is 2. The summed E-state index contributed by atoms with van der Waals surface area (Å²) < 4.78 is 10.6. The number of nitrogens with zero attached hydrogens (tertiary/aromatic N) is 1. The van der Waals surface area contributed by atoms with Crippen LogP contribution in [0.4, 0.5) is 0 Å². The topological polar surface area (TPSA) is 76.1 Å². The fraction of sp³-hybridized carbons (Fsp3) is 0.280. The van der Waals surface area contributed by atoms with E-state index in [0.717, 1.165) is 11.1 Å². The maximum atomic E-state index is 12.9. The van der Waals surface area contributed by atoms with Crippen molar-refractivity contribution in [2.75, 3.05) is 26.9 Å². The highest BCUT2D eigenvalue weighted by Gasteiger charge is 2.45. The number of hydrogen-bond donors (Lipinski definition) is 1. The third-order valence-corrected chi connectivity index (χ3v) is 5.18. The minimum atomic E-state index is -0.688. The summed E-state index contributed by atoms with van der Waals surface area (Å²) in [7, 11) is 1.59. The number of amides is 1. The van der Waals surface area contributed by atoms with Gasteiger partial charge in [0.25, 0.3) is 11.7 Å². The van der Waals surface area contributed by atoms with E-state index in [2.05, 4.69) is 6.58 Å². The number of ketones is 1. The number of methoxy groups -OCH3 is 1. The van der Waals surface area contributed by atoms with Crippen LogP contribution < -0.4 is 4.74 Å². The molecule has 0 aromatic heterocycles. The van der Waals surface area contributed by atoms with Crippen molar-refractivity contribution in [1.29, 1.82) is 0 Å². The SMILES string of the molecule is C=CCOc1ccc(C2C(=C(O)c3ccc(C)cc3)C(=O)C(=O)N2CCCOC)cc1. The number of likely N-dealkylation sites (tertiary alicyclic amines) is 1. The lowest BCUT2D eigenvalue weighted by molar-refractivity contribution is -0.140. The molecule has 3 rings (SSSR count). The van der Waals surface area contributed by atoms with Gasteiger partial charge in [-0.2, -0.15) is 0 Å². The van der Waals surface area contributed by atoms with Gasteiger partial charge in [0.1, 0.15) is 18.1 Å². The summed E-state index contributed by atoms with van der Waals surface area (Å²) in [5, 5.41) is 11.0. The fourth-order valence-corrected chi connectivity index (χ4v) is 3.60. The average Bonchev–Trinajstić information content (AvgIpc) is 3.03. The molecular weight excluding hydrogens is 394 g/mol. The first-order chi connectivity index (χ1) is 15.0. The van der Waals surface area contributed by atoms with Gasteiger partial charge in [0.15, 0.2) is 0 Å². The molecule has 1 N–H and O–H groups in total. The Hall–Kier alpha value is -3.38. The summed E-state index contributed by atoms with van der Waals surface area (Å²) in [6.45, 7) is 6.74. The zero-order chi connectivity index (χ0) is 22.4. The van der Waals surface area contributed by atoms with Gasteiger partial charge in [-0.15, -0.1) is 0 Å². The molecule has 0 saturated carbocycles. The van der Waals surface area contributed by atoms with Gasteiger partial charge in [0.2, 0.25) is 0 Å². The molecule has 6 nitrogen and oxygen atoms in total. The minimum Gasteiger partial charge on any atom is -0.507 e. The molecule has 2 aromatic carbocycles. The van der Waals surface area contributed by atoms with Crippen molar-refractivity contribution in [3.05, 3.63) is 83.4 Å². The number of aryl methyl sites for hydroxylation is 1. The van der Waals surface area contributed by atoms with E-state index in [9.17, 15) is 14.7 Å². The van der Waals surface area contributed by atoms with Gasteiger partial charge in [-0.05, 0) is 31.0 Å². The molecule has 0 bridgehead atoms. The van der Waals surface area contributed by atoms with Crippen molar-refractivity contribution in [1.82, 2.24) is 4.90 Å². The highest BCUT2D eigenvalue weighted by Crippen LogP contribution is 2.39. The molecule has 1 amide bonds. The molecular formula is C25H27NO5.